The summed E-state index contributed by atoms with van der Waals surface area (Å²) < 4.78 is 0. The molecule has 0 radical (unpaired) electrons. The largest absolute Gasteiger partial charge is 0.356 e. The van der Waals surface area contributed by atoms with E-state index >= 15 is 0 Å². The zero-order valence-corrected chi connectivity index (χ0v) is 17.0. The first-order valence-electron chi connectivity index (χ1n) is 7.46. The highest BCUT2D eigenvalue weighted by Gasteiger charge is 2.09. The van der Waals surface area contributed by atoms with Gasteiger partial charge in [-0.2, -0.15) is 0 Å². The summed E-state index contributed by atoms with van der Waals surface area (Å²) in [5.74, 6) is 0.853. The van der Waals surface area contributed by atoms with Crippen LogP contribution in [0.1, 0.15) is 39.2 Å². The van der Waals surface area contributed by atoms with Gasteiger partial charge in [-0.05, 0) is 36.3 Å². The Morgan fingerprint density at radius 1 is 1.23 bits per heavy atom. The summed E-state index contributed by atoms with van der Waals surface area (Å²) in [5, 5.41) is 7.18. The molecule has 1 heterocycles. The van der Waals surface area contributed by atoms with Crippen LogP contribution in [0.2, 0.25) is 5.15 Å². The minimum absolute atomic E-state index is 0. The molecule has 0 atom stereocenters. The second-order valence-electron chi connectivity index (χ2n) is 6.33. The molecule has 1 aromatic heterocycles. The monoisotopic (exact) mass is 438 g/mol. The van der Waals surface area contributed by atoms with Crippen LogP contribution in [0.5, 0.6) is 0 Å². The minimum atomic E-state index is 0. The van der Waals surface area contributed by atoms with Crippen molar-refractivity contribution in [2.24, 2.45) is 10.4 Å². The van der Waals surface area contributed by atoms with E-state index in [1.54, 1.807) is 7.05 Å². The molecule has 0 aliphatic carbocycles. The molecule has 0 saturated heterocycles. The lowest BCUT2D eigenvalue weighted by atomic mass is 9.91. The molecule has 6 heteroatoms. The molecule has 0 aliphatic heterocycles. The summed E-state index contributed by atoms with van der Waals surface area (Å²) in [6.45, 7) is 8.56. The summed E-state index contributed by atoms with van der Waals surface area (Å²) in [6, 6.07) is 3.81. The molecule has 0 spiro atoms. The number of hydrogen-bond donors (Lipinski definition) is 2. The molecule has 1 rings (SSSR count). The number of nitrogens with zero attached hydrogens (tertiary/aromatic N) is 2. The Labute approximate surface area is 156 Å². The number of guanidine groups is 1. The van der Waals surface area contributed by atoms with E-state index in [0.29, 0.717) is 10.6 Å². The summed E-state index contributed by atoms with van der Waals surface area (Å²) in [4.78, 5) is 8.30. The second-order valence-corrected chi connectivity index (χ2v) is 6.72. The van der Waals surface area contributed by atoms with Crippen molar-refractivity contribution >= 4 is 41.5 Å². The Kier molecular flexibility index (Phi) is 10.8. The van der Waals surface area contributed by atoms with E-state index < -0.39 is 0 Å². The maximum Gasteiger partial charge on any atom is 0.190 e. The van der Waals surface area contributed by atoms with E-state index in [4.69, 9.17) is 11.6 Å². The van der Waals surface area contributed by atoms with E-state index in [-0.39, 0.29) is 24.0 Å². The molecule has 4 nitrogen and oxygen atoms in total. The zero-order valence-electron chi connectivity index (χ0n) is 13.9. The van der Waals surface area contributed by atoms with Gasteiger partial charge in [-0.3, -0.25) is 4.99 Å². The van der Waals surface area contributed by atoms with Crippen LogP contribution < -0.4 is 10.6 Å². The van der Waals surface area contributed by atoms with Crippen LogP contribution in [-0.2, 0) is 6.42 Å². The predicted octanol–water partition coefficient (Wildman–Crippen LogP) is 3.89. The van der Waals surface area contributed by atoms with Gasteiger partial charge in [-0.15, -0.1) is 24.0 Å². The Hall–Kier alpha value is -0.560. The Bertz CT molecular complexity index is 440. The van der Waals surface area contributed by atoms with Crippen LogP contribution in [0.4, 0.5) is 0 Å². The highest BCUT2D eigenvalue weighted by molar-refractivity contribution is 14.0. The van der Waals surface area contributed by atoms with E-state index in [2.05, 4.69) is 41.4 Å². The SMILES string of the molecule is CN=C(NCCCC(C)(C)C)NCCc1ccc(Cl)nc1.I. The Morgan fingerprint density at radius 3 is 2.45 bits per heavy atom. The van der Waals surface area contributed by atoms with Gasteiger partial charge in [0.15, 0.2) is 5.96 Å². The van der Waals surface area contributed by atoms with Gasteiger partial charge < -0.3 is 10.6 Å². The van der Waals surface area contributed by atoms with Gasteiger partial charge in [0.25, 0.3) is 0 Å². The minimum Gasteiger partial charge on any atom is -0.356 e. The molecule has 1 aromatic rings. The molecule has 0 saturated carbocycles. The van der Waals surface area contributed by atoms with Gasteiger partial charge in [0.1, 0.15) is 5.15 Å². The summed E-state index contributed by atoms with van der Waals surface area (Å²) >= 11 is 5.77. The van der Waals surface area contributed by atoms with E-state index in [9.17, 15) is 0 Å². The third kappa shape index (κ3) is 10.2. The molecule has 0 aromatic carbocycles. The number of aromatic nitrogens is 1. The van der Waals surface area contributed by atoms with Crippen molar-refractivity contribution in [2.45, 2.75) is 40.0 Å². The molecule has 0 fully saturated rings. The van der Waals surface area contributed by atoms with E-state index in [1.165, 1.54) is 6.42 Å². The molecule has 0 aliphatic rings. The number of nitrogens with one attached hydrogen (secondary N) is 2. The third-order valence-corrected chi connectivity index (χ3v) is 3.34. The maximum absolute atomic E-state index is 5.77. The highest BCUT2D eigenvalue weighted by Crippen LogP contribution is 2.19. The van der Waals surface area contributed by atoms with Crippen LogP contribution in [-0.4, -0.2) is 31.1 Å². The number of rotatable bonds is 6. The summed E-state index contributed by atoms with van der Waals surface area (Å²) in [7, 11) is 1.79. The maximum atomic E-state index is 5.77. The van der Waals surface area contributed by atoms with Crippen molar-refractivity contribution in [1.29, 1.82) is 0 Å². The average Bonchev–Trinajstić information content (AvgIpc) is 2.42. The molecule has 2 N–H and O–H groups in total. The number of halogens is 2. The fraction of sp³-hybridized carbons (Fsp3) is 0.625. The average molecular weight is 439 g/mol. The van der Waals surface area contributed by atoms with Crippen molar-refractivity contribution in [3.8, 4) is 0 Å². The summed E-state index contributed by atoms with van der Waals surface area (Å²) in [6.07, 6.45) is 5.05. The van der Waals surface area contributed by atoms with Crippen molar-refractivity contribution in [1.82, 2.24) is 15.6 Å². The molecule has 22 heavy (non-hydrogen) atoms. The van der Waals surface area contributed by atoms with Crippen LogP contribution in [0, 0.1) is 5.41 Å². The Morgan fingerprint density at radius 2 is 1.91 bits per heavy atom. The van der Waals surface area contributed by atoms with Gasteiger partial charge >= 0.3 is 0 Å². The van der Waals surface area contributed by atoms with Gasteiger partial charge in [0.2, 0.25) is 0 Å². The molecule has 126 valence electrons. The highest BCUT2D eigenvalue weighted by atomic mass is 127. The van der Waals surface area contributed by atoms with Crippen molar-refractivity contribution < 1.29 is 0 Å². The van der Waals surface area contributed by atoms with Crippen LogP contribution >= 0.6 is 35.6 Å². The molecule has 0 unspecified atom stereocenters. The van der Waals surface area contributed by atoms with Crippen molar-refractivity contribution in [2.75, 3.05) is 20.1 Å². The number of aliphatic imine (C=N–C) groups is 1. The number of pyridine rings is 1. The van der Waals surface area contributed by atoms with Crippen LogP contribution in [0.3, 0.4) is 0 Å². The molecule has 0 amide bonds. The predicted molar refractivity (Wildman–Crippen MR) is 106 cm³/mol. The van der Waals surface area contributed by atoms with Gasteiger partial charge in [-0.25, -0.2) is 4.98 Å². The Balaban J connectivity index is 0.00000441. The van der Waals surface area contributed by atoms with Crippen LogP contribution in [0.15, 0.2) is 23.3 Å². The standard InChI is InChI=1S/C16H27ClN4.HI/c1-16(2,3)9-5-10-19-15(18-4)20-11-8-13-6-7-14(17)21-12-13;/h6-7,12H,5,8-11H2,1-4H3,(H2,18,19,20);1H. The molecular formula is C16H28ClIN4. The van der Waals surface area contributed by atoms with Crippen molar-refractivity contribution in [3.05, 3.63) is 29.0 Å². The molecule has 0 bridgehead atoms. The smallest absolute Gasteiger partial charge is 0.190 e. The zero-order chi connectivity index (χ0) is 15.7. The third-order valence-electron chi connectivity index (χ3n) is 3.11. The lowest BCUT2D eigenvalue weighted by Gasteiger charge is -2.18. The van der Waals surface area contributed by atoms with E-state index in [1.807, 2.05) is 18.3 Å². The van der Waals surface area contributed by atoms with Gasteiger partial charge in [0.05, 0.1) is 0 Å². The summed E-state index contributed by atoms with van der Waals surface area (Å²) in [5.41, 5.74) is 1.55. The topological polar surface area (TPSA) is 49.3 Å². The fourth-order valence-corrected chi connectivity index (χ4v) is 2.04. The quantitative estimate of drug-likeness (QED) is 0.233. The number of hydrogen-bond acceptors (Lipinski definition) is 2. The van der Waals surface area contributed by atoms with Gasteiger partial charge in [0, 0.05) is 26.3 Å². The molecular weight excluding hydrogens is 411 g/mol. The normalized spacial score (nSPS) is 11.8. The van der Waals surface area contributed by atoms with Gasteiger partial charge in [-0.1, -0.05) is 38.4 Å². The van der Waals surface area contributed by atoms with Crippen LogP contribution in [0.25, 0.3) is 0 Å². The fourth-order valence-electron chi connectivity index (χ4n) is 1.93. The van der Waals surface area contributed by atoms with E-state index in [0.717, 1.165) is 37.5 Å². The second kappa shape index (κ2) is 11.0. The van der Waals surface area contributed by atoms with Crippen molar-refractivity contribution in [3.63, 3.8) is 0 Å². The first-order valence-corrected chi connectivity index (χ1v) is 7.83. The first-order chi connectivity index (χ1) is 9.90. The lowest BCUT2D eigenvalue weighted by molar-refractivity contribution is 0.365. The first kappa shape index (κ1) is 21.4. The lowest BCUT2D eigenvalue weighted by Crippen LogP contribution is -2.38.